The van der Waals surface area contributed by atoms with Crippen LogP contribution in [0.3, 0.4) is 0 Å². The number of primary amides is 1. The summed E-state index contributed by atoms with van der Waals surface area (Å²) in [7, 11) is 0. The van der Waals surface area contributed by atoms with Gasteiger partial charge in [-0.2, -0.15) is 0 Å². The minimum atomic E-state index is -0.806. The average molecular weight is 393 g/mol. The Morgan fingerprint density at radius 2 is 1.59 bits per heavy atom. The van der Waals surface area contributed by atoms with Crippen molar-refractivity contribution in [1.82, 2.24) is 5.06 Å². The van der Waals surface area contributed by atoms with Gasteiger partial charge in [0.1, 0.15) is 0 Å². The second kappa shape index (κ2) is 7.38. The Morgan fingerprint density at radius 1 is 0.966 bits per heavy atom. The molecule has 29 heavy (non-hydrogen) atoms. The van der Waals surface area contributed by atoms with Gasteiger partial charge in [0.25, 0.3) is 11.8 Å². The Hall–Kier alpha value is -3.68. The third-order valence-corrected chi connectivity index (χ3v) is 5.22. The molecule has 0 radical (unpaired) electrons. The number of hydroxylamine groups is 2. The van der Waals surface area contributed by atoms with Crippen LogP contribution in [0.15, 0.2) is 48.5 Å². The molecule has 1 fully saturated rings. The van der Waals surface area contributed by atoms with Crippen LogP contribution in [0.5, 0.6) is 0 Å². The second-order valence-corrected chi connectivity index (χ2v) is 7.06. The van der Waals surface area contributed by atoms with E-state index in [0.29, 0.717) is 11.6 Å². The van der Waals surface area contributed by atoms with E-state index in [2.05, 4.69) is 0 Å². The fourth-order valence-corrected chi connectivity index (χ4v) is 3.64. The molecule has 4 rings (SSSR count). The Labute approximate surface area is 166 Å². The molecule has 2 aromatic carbocycles. The lowest BCUT2D eigenvalue weighted by atomic mass is 9.97. The number of imide groups is 1. The highest BCUT2D eigenvalue weighted by molar-refractivity contribution is 6.21. The summed E-state index contributed by atoms with van der Waals surface area (Å²) in [6.07, 6.45) is 1.63. The van der Waals surface area contributed by atoms with E-state index in [1.165, 1.54) is 12.1 Å². The van der Waals surface area contributed by atoms with Gasteiger partial charge in [-0.25, -0.2) is 4.79 Å². The van der Waals surface area contributed by atoms with E-state index in [4.69, 9.17) is 10.6 Å². The summed E-state index contributed by atoms with van der Waals surface area (Å²) in [5.74, 6) is -2.64. The molecule has 0 aromatic heterocycles. The molecule has 2 aliphatic heterocycles. The number of benzene rings is 2. The molecule has 1 atom stereocenters. The van der Waals surface area contributed by atoms with Crippen LogP contribution in [0.4, 0.5) is 5.69 Å². The van der Waals surface area contributed by atoms with Crippen molar-refractivity contribution in [2.45, 2.75) is 12.8 Å². The third kappa shape index (κ3) is 3.44. The second-order valence-electron chi connectivity index (χ2n) is 7.06. The normalized spacial score (nSPS) is 18.6. The van der Waals surface area contributed by atoms with Crippen molar-refractivity contribution < 1.29 is 24.0 Å². The van der Waals surface area contributed by atoms with Crippen molar-refractivity contribution in [3.8, 4) is 0 Å². The standard InChI is InChI=1S/C21H19N3O5/c22-18(25)14-4-3-11-23(12-14)15-9-7-13(8-10-15)21(28)29-24-19(26)16-5-1-2-6-17(16)20(24)27/h1-2,5-10,14H,3-4,11-12H2,(H2,22,25). The lowest BCUT2D eigenvalue weighted by Gasteiger charge is -2.33. The molecule has 8 nitrogen and oxygen atoms in total. The van der Waals surface area contributed by atoms with Crippen LogP contribution in [-0.4, -0.2) is 41.8 Å². The van der Waals surface area contributed by atoms with Gasteiger partial charge in [-0.15, -0.1) is 0 Å². The first-order chi connectivity index (χ1) is 14.0. The summed E-state index contributed by atoms with van der Waals surface area (Å²) in [4.78, 5) is 55.6. The number of anilines is 1. The maximum atomic E-state index is 12.4. The van der Waals surface area contributed by atoms with E-state index >= 15 is 0 Å². The first-order valence-corrected chi connectivity index (χ1v) is 9.30. The number of hydrogen-bond donors (Lipinski definition) is 1. The number of amides is 3. The minimum absolute atomic E-state index is 0.192. The predicted molar refractivity (Wildman–Crippen MR) is 103 cm³/mol. The van der Waals surface area contributed by atoms with Crippen molar-refractivity contribution in [3.05, 3.63) is 65.2 Å². The molecular formula is C21H19N3O5. The lowest BCUT2D eigenvalue weighted by Crippen LogP contribution is -2.41. The molecule has 3 amide bonds. The highest BCUT2D eigenvalue weighted by Gasteiger charge is 2.38. The summed E-state index contributed by atoms with van der Waals surface area (Å²) < 4.78 is 0. The van der Waals surface area contributed by atoms with Gasteiger partial charge in [0.15, 0.2) is 0 Å². The molecule has 2 aromatic rings. The SMILES string of the molecule is NC(=O)C1CCCN(c2ccc(C(=O)ON3C(=O)c4ccccc4C3=O)cc2)C1. The Morgan fingerprint density at radius 3 is 2.17 bits per heavy atom. The summed E-state index contributed by atoms with van der Waals surface area (Å²) in [6, 6.07) is 12.9. The lowest BCUT2D eigenvalue weighted by molar-refractivity contribution is -0.122. The third-order valence-electron chi connectivity index (χ3n) is 5.22. The first kappa shape index (κ1) is 18.7. The van der Waals surface area contributed by atoms with Gasteiger partial charge in [-0.1, -0.05) is 17.2 Å². The fourth-order valence-electron chi connectivity index (χ4n) is 3.64. The maximum Gasteiger partial charge on any atom is 0.363 e. The molecule has 2 aliphatic rings. The maximum absolute atomic E-state index is 12.4. The van der Waals surface area contributed by atoms with Crippen LogP contribution >= 0.6 is 0 Å². The van der Waals surface area contributed by atoms with E-state index in [-0.39, 0.29) is 28.5 Å². The molecular weight excluding hydrogens is 374 g/mol. The minimum Gasteiger partial charge on any atom is -0.371 e. The van der Waals surface area contributed by atoms with Gasteiger partial charge >= 0.3 is 5.97 Å². The topological polar surface area (TPSA) is 110 Å². The molecule has 0 aliphatic carbocycles. The predicted octanol–water partition coefficient (Wildman–Crippen LogP) is 1.76. The van der Waals surface area contributed by atoms with Gasteiger partial charge in [-0.05, 0) is 49.2 Å². The number of nitrogens with two attached hydrogens (primary N) is 1. The zero-order chi connectivity index (χ0) is 20.5. The molecule has 0 spiro atoms. The number of nitrogens with zero attached hydrogens (tertiary/aromatic N) is 2. The average Bonchev–Trinajstić information content (AvgIpc) is 2.99. The van der Waals surface area contributed by atoms with Gasteiger partial charge in [0.2, 0.25) is 5.91 Å². The van der Waals surface area contributed by atoms with Crippen molar-refractivity contribution in [2.75, 3.05) is 18.0 Å². The smallest absolute Gasteiger partial charge is 0.363 e. The van der Waals surface area contributed by atoms with Gasteiger partial charge < -0.3 is 15.5 Å². The summed E-state index contributed by atoms with van der Waals surface area (Å²) in [5.41, 5.74) is 6.88. The number of rotatable bonds is 4. The van der Waals surface area contributed by atoms with Crippen molar-refractivity contribution >= 4 is 29.4 Å². The Balaban J connectivity index is 1.45. The van der Waals surface area contributed by atoms with Crippen LogP contribution in [0, 0.1) is 5.92 Å². The zero-order valence-corrected chi connectivity index (χ0v) is 15.5. The Kier molecular flexibility index (Phi) is 4.75. The van der Waals surface area contributed by atoms with Crippen molar-refractivity contribution in [1.29, 1.82) is 0 Å². The Bertz CT molecular complexity index is 967. The number of fused-ring (bicyclic) bond motifs is 1. The molecule has 1 unspecified atom stereocenters. The van der Waals surface area contributed by atoms with Crippen LogP contribution in [-0.2, 0) is 9.63 Å². The highest BCUT2D eigenvalue weighted by Crippen LogP contribution is 2.25. The summed E-state index contributed by atoms with van der Waals surface area (Å²) in [5, 5.41) is 0.489. The van der Waals surface area contributed by atoms with Gasteiger partial charge in [-0.3, -0.25) is 14.4 Å². The monoisotopic (exact) mass is 393 g/mol. The molecule has 8 heteroatoms. The van der Waals surface area contributed by atoms with Gasteiger partial charge in [0.05, 0.1) is 22.6 Å². The quantitative estimate of drug-likeness (QED) is 0.793. The van der Waals surface area contributed by atoms with Crippen LogP contribution in [0.2, 0.25) is 0 Å². The van der Waals surface area contributed by atoms with E-state index < -0.39 is 17.8 Å². The molecule has 0 saturated carbocycles. The van der Waals surface area contributed by atoms with Crippen LogP contribution < -0.4 is 10.6 Å². The zero-order valence-electron chi connectivity index (χ0n) is 15.5. The molecule has 1 saturated heterocycles. The van der Waals surface area contributed by atoms with Crippen LogP contribution in [0.25, 0.3) is 0 Å². The van der Waals surface area contributed by atoms with Crippen molar-refractivity contribution in [2.24, 2.45) is 11.7 Å². The van der Waals surface area contributed by atoms with E-state index in [9.17, 15) is 19.2 Å². The molecule has 148 valence electrons. The van der Waals surface area contributed by atoms with Crippen molar-refractivity contribution in [3.63, 3.8) is 0 Å². The summed E-state index contributed by atoms with van der Waals surface area (Å²) in [6.45, 7) is 1.33. The fraction of sp³-hybridized carbons (Fsp3) is 0.238. The van der Waals surface area contributed by atoms with Crippen LogP contribution in [0.1, 0.15) is 43.9 Å². The number of carbonyl (C=O) groups excluding carboxylic acids is 4. The first-order valence-electron chi connectivity index (χ1n) is 9.30. The number of piperidine rings is 1. The molecule has 0 bridgehead atoms. The van der Waals surface area contributed by atoms with Gasteiger partial charge in [0, 0.05) is 18.8 Å². The number of hydrogen-bond acceptors (Lipinski definition) is 6. The highest BCUT2D eigenvalue weighted by atomic mass is 16.7. The largest absolute Gasteiger partial charge is 0.371 e. The van der Waals surface area contributed by atoms with E-state index in [1.807, 2.05) is 4.90 Å². The number of carbonyl (C=O) groups is 4. The van der Waals surface area contributed by atoms with E-state index in [1.54, 1.807) is 36.4 Å². The summed E-state index contributed by atoms with van der Waals surface area (Å²) >= 11 is 0. The molecule has 2 N–H and O–H groups in total. The molecule has 2 heterocycles. The van der Waals surface area contributed by atoms with E-state index in [0.717, 1.165) is 25.1 Å².